The van der Waals surface area contributed by atoms with Crippen LogP contribution in [0, 0.1) is 25.7 Å². The minimum Gasteiger partial charge on any atom is -0.336 e. The Balaban J connectivity index is 1.13. The number of carbonyl (C=O) groups is 2. The number of hydrogen-bond acceptors (Lipinski definition) is 6. The number of piperazine rings is 1. The predicted molar refractivity (Wildman–Crippen MR) is 172 cm³/mol. The highest BCUT2D eigenvalue weighted by atomic mass is 32.2. The van der Waals surface area contributed by atoms with Crippen molar-refractivity contribution in [1.29, 1.82) is 0 Å². The summed E-state index contributed by atoms with van der Waals surface area (Å²) in [7, 11) is -3.62. The third-order valence-electron chi connectivity index (χ3n) is 10.6. The largest absolute Gasteiger partial charge is 0.389 e. The Morgan fingerprint density at radius 3 is 2.19 bits per heavy atom. The van der Waals surface area contributed by atoms with Gasteiger partial charge < -0.3 is 10.2 Å². The zero-order chi connectivity index (χ0) is 34.0. The van der Waals surface area contributed by atoms with Crippen LogP contribution in [0.25, 0.3) is 0 Å². The first kappa shape index (κ1) is 35.7. The molecule has 9 nitrogen and oxygen atoms in total. The van der Waals surface area contributed by atoms with E-state index < -0.39 is 34.8 Å². The van der Waals surface area contributed by atoms with E-state index in [2.05, 4.69) is 5.32 Å². The van der Waals surface area contributed by atoms with Crippen molar-refractivity contribution in [3.63, 3.8) is 0 Å². The SMILES string of the molecule is Cc1cc(C(=O)N2CCN(CCF)CC2)cc(C)c1CCS(=O)(=O)N1CCC2(CC1)N=C(C1CCC(CCC(F)(F)F)CC1)NC2=O. The number of hydrogen-bond donors (Lipinski definition) is 1. The molecule has 2 saturated heterocycles. The van der Waals surface area contributed by atoms with Gasteiger partial charge in [-0.25, -0.2) is 17.1 Å². The lowest BCUT2D eigenvalue weighted by molar-refractivity contribution is -0.138. The number of aliphatic imine (C=N–C) groups is 1. The summed E-state index contributed by atoms with van der Waals surface area (Å²) in [4.78, 5) is 34.8. The maximum atomic E-state index is 13.4. The van der Waals surface area contributed by atoms with E-state index in [0.717, 1.165) is 16.7 Å². The van der Waals surface area contributed by atoms with E-state index >= 15 is 0 Å². The van der Waals surface area contributed by atoms with Crippen LogP contribution in [0.1, 0.15) is 78.4 Å². The second-order valence-electron chi connectivity index (χ2n) is 13.7. The van der Waals surface area contributed by atoms with Crippen molar-refractivity contribution in [3.8, 4) is 0 Å². The standard InChI is InChI=1S/C33H47F4N5O4S/c1-23-21-27(30(43)41-18-16-40(15-12-34)17-19-41)22-24(2)28(23)8-20-47(45,46)42-13-10-32(11-14-42)31(44)38-29(39-32)26-5-3-25(4-6-26)7-9-33(35,36)37/h21-22,25-26H,3-20H2,1-2H3,(H,38,39,44). The number of nitrogens with one attached hydrogen (secondary N) is 1. The fraction of sp³-hybridized carbons (Fsp3) is 0.727. The molecular formula is C33H47F4N5O4S. The van der Waals surface area contributed by atoms with Crippen LogP contribution in [0.15, 0.2) is 17.1 Å². The van der Waals surface area contributed by atoms with Crippen LogP contribution in [0.4, 0.5) is 17.6 Å². The number of alkyl halides is 4. The van der Waals surface area contributed by atoms with Gasteiger partial charge in [0.25, 0.3) is 11.8 Å². The molecule has 1 aliphatic carbocycles. The van der Waals surface area contributed by atoms with E-state index in [9.17, 15) is 35.6 Å². The molecule has 4 aliphatic rings. The van der Waals surface area contributed by atoms with Gasteiger partial charge in [-0.1, -0.05) is 0 Å². The molecular weight excluding hydrogens is 638 g/mol. The van der Waals surface area contributed by atoms with Crippen LogP contribution >= 0.6 is 0 Å². The Morgan fingerprint density at radius 1 is 1.00 bits per heavy atom. The lowest BCUT2D eigenvalue weighted by atomic mass is 9.79. The van der Waals surface area contributed by atoms with E-state index in [1.54, 1.807) is 4.90 Å². The van der Waals surface area contributed by atoms with Gasteiger partial charge in [0, 0.05) is 63.7 Å². The zero-order valence-electron chi connectivity index (χ0n) is 27.4. The first-order valence-electron chi connectivity index (χ1n) is 16.8. The first-order chi connectivity index (χ1) is 22.2. The molecule has 0 atom stereocenters. The molecule has 5 rings (SSSR count). The Hall–Kier alpha value is -2.58. The minimum absolute atomic E-state index is 0.00742. The predicted octanol–water partition coefficient (Wildman–Crippen LogP) is 4.41. The number of piperidine rings is 1. The van der Waals surface area contributed by atoms with Crippen LogP contribution in [-0.4, -0.2) is 110 Å². The number of halogens is 4. The van der Waals surface area contributed by atoms with Gasteiger partial charge in [-0.2, -0.15) is 13.2 Å². The number of amidine groups is 1. The van der Waals surface area contributed by atoms with Crippen molar-refractivity contribution in [2.45, 2.75) is 83.4 Å². The Bertz CT molecular complexity index is 1420. The normalized spacial score (nSPS) is 24.4. The van der Waals surface area contributed by atoms with Crippen LogP contribution in [0.5, 0.6) is 0 Å². The van der Waals surface area contributed by atoms with Crippen molar-refractivity contribution >= 4 is 27.7 Å². The molecule has 1 spiro atoms. The van der Waals surface area contributed by atoms with Gasteiger partial charge in [0.15, 0.2) is 0 Å². The molecule has 0 unspecified atom stereocenters. The van der Waals surface area contributed by atoms with Gasteiger partial charge in [-0.3, -0.25) is 19.5 Å². The van der Waals surface area contributed by atoms with Gasteiger partial charge >= 0.3 is 6.18 Å². The Kier molecular flexibility index (Phi) is 11.0. The van der Waals surface area contributed by atoms with Gasteiger partial charge in [-0.15, -0.1) is 0 Å². The summed E-state index contributed by atoms with van der Waals surface area (Å²) in [5.74, 6) is 0.256. The second kappa shape index (κ2) is 14.5. The number of carbonyl (C=O) groups excluding carboxylic acids is 2. The third-order valence-corrected chi connectivity index (χ3v) is 12.5. The number of nitrogens with zero attached hydrogens (tertiary/aromatic N) is 4. The molecule has 1 saturated carbocycles. The summed E-state index contributed by atoms with van der Waals surface area (Å²) >= 11 is 0. The highest BCUT2D eigenvalue weighted by Gasteiger charge is 2.48. The van der Waals surface area contributed by atoms with Crippen molar-refractivity contribution in [3.05, 3.63) is 34.4 Å². The molecule has 3 aliphatic heterocycles. The summed E-state index contributed by atoms with van der Waals surface area (Å²) in [6.45, 7) is 6.46. The summed E-state index contributed by atoms with van der Waals surface area (Å²) in [6, 6.07) is 3.64. The monoisotopic (exact) mass is 685 g/mol. The summed E-state index contributed by atoms with van der Waals surface area (Å²) < 4.78 is 78.8. The second-order valence-corrected chi connectivity index (χ2v) is 15.8. The molecule has 1 aromatic rings. The van der Waals surface area contributed by atoms with Crippen molar-refractivity contribution in [1.82, 2.24) is 19.4 Å². The number of sulfonamides is 1. The summed E-state index contributed by atoms with van der Waals surface area (Å²) in [5.41, 5.74) is 2.18. The third kappa shape index (κ3) is 8.54. The quantitative estimate of drug-likeness (QED) is 0.368. The van der Waals surface area contributed by atoms with Gasteiger partial charge in [0.05, 0.1) is 5.75 Å². The molecule has 47 heavy (non-hydrogen) atoms. The molecule has 262 valence electrons. The Labute approximate surface area is 275 Å². The van der Waals surface area contributed by atoms with E-state index in [1.165, 1.54) is 4.31 Å². The molecule has 1 N–H and O–H groups in total. The molecule has 3 fully saturated rings. The van der Waals surface area contributed by atoms with E-state index in [4.69, 9.17) is 4.99 Å². The number of benzene rings is 1. The van der Waals surface area contributed by atoms with Crippen LogP contribution in [0.2, 0.25) is 0 Å². The summed E-state index contributed by atoms with van der Waals surface area (Å²) in [6.07, 6.45) is -1.20. The maximum Gasteiger partial charge on any atom is 0.389 e. The molecule has 0 bridgehead atoms. The average molecular weight is 686 g/mol. The van der Waals surface area contributed by atoms with Gasteiger partial charge in [0.2, 0.25) is 10.0 Å². The van der Waals surface area contributed by atoms with Gasteiger partial charge in [-0.05, 0) is 100.0 Å². The van der Waals surface area contributed by atoms with Crippen LogP contribution < -0.4 is 5.32 Å². The molecule has 3 heterocycles. The highest BCUT2D eigenvalue weighted by molar-refractivity contribution is 7.89. The maximum absolute atomic E-state index is 13.4. The van der Waals surface area contributed by atoms with Crippen molar-refractivity contribution in [2.75, 3.05) is 58.2 Å². The van der Waals surface area contributed by atoms with Crippen molar-refractivity contribution in [2.24, 2.45) is 16.8 Å². The minimum atomic E-state index is -4.14. The Morgan fingerprint density at radius 2 is 1.62 bits per heavy atom. The molecule has 2 amide bonds. The fourth-order valence-electron chi connectivity index (χ4n) is 7.65. The lowest BCUT2D eigenvalue weighted by Gasteiger charge is -2.35. The molecule has 0 radical (unpaired) electrons. The smallest absolute Gasteiger partial charge is 0.336 e. The molecule has 0 aromatic heterocycles. The lowest BCUT2D eigenvalue weighted by Crippen LogP contribution is -2.51. The molecule has 1 aromatic carbocycles. The fourth-order valence-corrected chi connectivity index (χ4v) is 9.11. The number of amides is 2. The topological polar surface area (TPSA) is 102 Å². The van der Waals surface area contributed by atoms with Crippen LogP contribution in [0.3, 0.4) is 0 Å². The van der Waals surface area contributed by atoms with Crippen LogP contribution in [-0.2, 0) is 21.2 Å². The average Bonchev–Trinajstić information content (AvgIpc) is 3.34. The van der Waals surface area contributed by atoms with E-state index in [1.807, 2.05) is 30.9 Å². The number of aryl methyl sites for hydroxylation is 2. The first-order valence-corrected chi connectivity index (χ1v) is 18.4. The molecule has 14 heteroatoms. The zero-order valence-corrected chi connectivity index (χ0v) is 28.2. The number of rotatable bonds is 10. The summed E-state index contributed by atoms with van der Waals surface area (Å²) in [5, 5.41) is 2.93. The highest BCUT2D eigenvalue weighted by Crippen LogP contribution is 2.38. The van der Waals surface area contributed by atoms with E-state index in [0.29, 0.717) is 76.2 Å². The van der Waals surface area contributed by atoms with Gasteiger partial charge in [0.1, 0.15) is 18.0 Å². The van der Waals surface area contributed by atoms with Crippen molar-refractivity contribution < 1.29 is 35.6 Å². The van der Waals surface area contributed by atoms with E-state index in [-0.39, 0.29) is 61.8 Å².